The van der Waals surface area contributed by atoms with Crippen molar-refractivity contribution in [2.75, 3.05) is 4.72 Å². The highest BCUT2D eigenvalue weighted by Crippen LogP contribution is 2.17. The molecule has 7 heteroatoms. The first-order valence-electron chi connectivity index (χ1n) is 6.00. The van der Waals surface area contributed by atoms with Crippen LogP contribution in [0.5, 0.6) is 0 Å². The predicted molar refractivity (Wildman–Crippen MR) is 73.1 cm³/mol. The summed E-state index contributed by atoms with van der Waals surface area (Å²) in [6.07, 6.45) is 1.66. The van der Waals surface area contributed by atoms with Crippen LogP contribution >= 0.6 is 0 Å². The number of oxazole rings is 1. The zero-order valence-electron chi connectivity index (χ0n) is 11.1. The molecule has 20 heavy (non-hydrogen) atoms. The van der Waals surface area contributed by atoms with E-state index in [0.717, 1.165) is 0 Å². The van der Waals surface area contributed by atoms with Crippen LogP contribution in [0.15, 0.2) is 39.8 Å². The Kier molecular flexibility index (Phi) is 3.89. The fourth-order valence-corrected chi connectivity index (χ4v) is 2.60. The number of carbonyl (C=O) groups excluding carboxylic acids is 1. The zero-order valence-corrected chi connectivity index (χ0v) is 11.9. The largest absolute Gasteiger partial charge is 0.431 e. The van der Waals surface area contributed by atoms with Gasteiger partial charge in [-0.2, -0.15) is 4.98 Å². The van der Waals surface area contributed by atoms with Crippen LogP contribution in [0.1, 0.15) is 29.4 Å². The minimum absolute atomic E-state index is 0.00680. The molecule has 0 amide bonds. The molecule has 0 aliphatic rings. The van der Waals surface area contributed by atoms with Gasteiger partial charge in [0.1, 0.15) is 6.26 Å². The van der Waals surface area contributed by atoms with Crippen LogP contribution in [0, 0.1) is 6.92 Å². The summed E-state index contributed by atoms with van der Waals surface area (Å²) >= 11 is 0. The minimum Gasteiger partial charge on any atom is -0.431 e. The second kappa shape index (κ2) is 5.46. The second-order valence-corrected chi connectivity index (χ2v) is 5.89. The van der Waals surface area contributed by atoms with Gasteiger partial charge in [-0.1, -0.05) is 19.1 Å². The van der Waals surface area contributed by atoms with Crippen molar-refractivity contribution in [2.24, 2.45) is 0 Å². The maximum Gasteiger partial charge on any atom is 0.309 e. The monoisotopic (exact) mass is 294 g/mol. The van der Waals surface area contributed by atoms with Crippen molar-refractivity contribution in [1.82, 2.24) is 4.98 Å². The van der Waals surface area contributed by atoms with Crippen LogP contribution < -0.4 is 4.72 Å². The molecule has 0 aliphatic heterocycles. The number of hydrogen-bond donors (Lipinski definition) is 1. The smallest absolute Gasteiger partial charge is 0.309 e. The molecule has 0 fully saturated rings. The Balaban J connectivity index is 2.32. The molecule has 0 spiro atoms. The Morgan fingerprint density at radius 3 is 2.75 bits per heavy atom. The average Bonchev–Trinajstić information content (AvgIpc) is 2.82. The van der Waals surface area contributed by atoms with Gasteiger partial charge in [0.15, 0.2) is 5.78 Å². The SMILES string of the molecule is CCC(=O)c1cccc(S(=O)(=O)Nc2nc(C)co2)c1. The van der Waals surface area contributed by atoms with Crippen molar-refractivity contribution >= 4 is 21.8 Å². The third kappa shape index (κ3) is 3.05. The number of nitrogens with zero attached hydrogens (tertiary/aromatic N) is 1. The number of ketones is 1. The van der Waals surface area contributed by atoms with E-state index in [9.17, 15) is 13.2 Å². The Morgan fingerprint density at radius 1 is 1.40 bits per heavy atom. The molecule has 0 saturated heterocycles. The van der Waals surface area contributed by atoms with Crippen LogP contribution in [-0.4, -0.2) is 19.2 Å². The summed E-state index contributed by atoms with van der Waals surface area (Å²) < 4.78 is 31.5. The van der Waals surface area contributed by atoms with Gasteiger partial charge in [-0.25, -0.2) is 13.1 Å². The molecular formula is C13H14N2O4S. The van der Waals surface area contributed by atoms with Gasteiger partial charge in [0, 0.05) is 12.0 Å². The number of rotatable bonds is 5. The summed E-state index contributed by atoms with van der Waals surface area (Å²) in [6, 6.07) is 5.75. The van der Waals surface area contributed by atoms with E-state index in [2.05, 4.69) is 9.71 Å². The number of aromatic nitrogens is 1. The van der Waals surface area contributed by atoms with Gasteiger partial charge in [0.05, 0.1) is 10.6 Å². The van der Waals surface area contributed by atoms with Crippen LogP contribution in [0.4, 0.5) is 6.01 Å². The van der Waals surface area contributed by atoms with E-state index in [1.54, 1.807) is 19.9 Å². The van der Waals surface area contributed by atoms with Gasteiger partial charge in [-0.05, 0) is 19.1 Å². The Labute approximate surface area is 116 Å². The molecule has 1 heterocycles. The number of benzene rings is 1. The summed E-state index contributed by atoms with van der Waals surface area (Å²) in [5.74, 6) is -0.117. The van der Waals surface area contributed by atoms with Crippen molar-refractivity contribution < 1.29 is 17.6 Å². The molecule has 0 unspecified atom stereocenters. The summed E-state index contributed by atoms with van der Waals surface area (Å²) in [5.41, 5.74) is 0.927. The first kappa shape index (κ1) is 14.3. The Hall–Kier alpha value is -2.15. The van der Waals surface area contributed by atoms with Crippen molar-refractivity contribution in [3.63, 3.8) is 0 Å². The van der Waals surface area contributed by atoms with Crippen LogP contribution in [-0.2, 0) is 10.0 Å². The highest BCUT2D eigenvalue weighted by atomic mass is 32.2. The number of nitrogens with one attached hydrogen (secondary N) is 1. The Morgan fingerprint density at radius 2 is 2.15 bits per heavy atom. The summed E-state index contributed by atoms with van der Waals surface area (Å²) in [5, 5.41) is 0. The lowest BCUT2D eigenvalue weighted by atomic mass is 10.1. The van der Waals surface area contributed by atoms with Crippen LogP contribution in [0.25, 0.3) is 0 Å². The lowest BCUT2D eigenvalue weighted by Crippen LogP contribution is -2.14. The molecule has 1 aromatic carbocycles. The third-order valence-corrected chi connectivity index (χ3v) is 3.95. The molecule has 6 nitrogen and oxygen atoms in total. The molecule has 1 N–H and O–H groups in total. The minimum atomic E-state index is -3.82. The molecule has 0 aliphatic carbocycles. The summed E-state index contributed by atoms with van der Waals surface area (Å²) in [7, 11) is -3.82. The average molecular weight is 294 g/mol. The predicted octanol–water partition coefficient (Wildman–Crippen LogP) is 2.38. The van der Waals surface area contributed by atoms with Crippen molar-refractivity contribution in [2.45, 2.75) is 25.2 Å². The van der Waals surface area contributed by atoms with E-state index in [0.29, 0.717) is 17.7 Å². The molecular weight excluding hydrogens is 280 g/mol. The van der Waals surface area contributed by atoms with E-state index in [-0.39, 0.29) is 16.7 Å². The lowest BCUT2D eigenvalue weighted by Gasteiger charge is -2.06. The number of Topliss-reactive ketones (excluding diaryl/α,β-unsaturated/α-hetero) is 1. The third-order valence-electron chi connectivity index (χ3n) is 2.63. The van der Waals surface area contributed by atoms with E-state index < -0.39 is 10.0 Å². The van der Waals surface area contributed by atoms with Gasteiger partial charge >= 0.3 is 6.01 Å². The molecule has 0 atom stereocenters. The van der Waals surface area contributed by atoms with Crippen molar-refractivity contribution in [3.05, 3.63) is 41.8 Å². The van der Waals surface area contributed by atoms with E-state index in [1.807, 2.05) is 0 Å². The molecule has 2 rings (SSSR count). The van der Waals surface area contributed by atoms with Crippen molar-refractivity contribution in [1.29, 1.82) is 0 Å². The highest BCUT2D eigenvalue weighted by Gasteiger charge is 2.18. The first-order chi connectivity index (χ1) is 9.42. The standard InChI is InChI=1S/C13H14N2O4S/c1-3-12(16)10-5-4-6-11(7-10)20(17,18)15-13-14-9(2)8-19-13/h4-8H,3H2,1-2H3,(H,14,15). The molecule has 0 radical (unpaired) electrons. The van der Waals surface area contributed by atoms with Crippen molar-refractivity contribution in [3.8, 4) is 0 Å². The topological polar surface area (TPSA) is 89.3 Å². The number of sulfonamides is 1. The molecule has 0 bridgehead atoms. The second-order valence-electron chi connectivity index (χ2n) is 4.20. The number of carbonyl (C=O) groups is 1. The summed E-state index contributed by atoms with van der Waals surface area (Å²) in [4.78, 5) is 15.5. The summed E-state index contributed by atoms with van der Waals surface area (Å²) in [6.45, 7) is 3.40. The van der Waals surface area contributed by atoms with Gasteiger partial charge in [-0.3, -0.25) is 4.79 Å². The van der Waals surface area contributed by atoms with Gasteiger partial charge in [0.2, 0.25) is 0 Å². The van der Waals surface area contributed by atoms with Crippen LogP contribution in [0.3, 0.4) is 0 Å². The Bertz CT molecular complexity index is 734. The highest BCUT2D eigenvalue weighted by molar-refractivity contribution is 7.92. The van der Waals surface area contributed by atoms with Crippen LogP contribution in [0.2, 0.25) is 0 Å². The van der Waals surface area contributed by atoms with E-state index >= 15 is 0 Å². The normalized spacial score (nSPS) is 11.3. The van der Waals surface area contributed by atoms with Gasteiger partial charge < -0.3 is 4.42 Å². The maximum atomic E-state index is 12.2. The quantitative estimate of drug-likeness (QED) is 0.855. The first-order valence-corrected chi connectivity index (χ1v) is 7.49. The van der Waals surface area contributed by atoms with Gasteiger partial charge in [0.25, 0.3) is 10.0 Å². The number of hydrogen-bond acceptors (Lipinski definition) is 5. The molecule has 2 aromatic rings. The molecule has 106 valence electrons. The fourth-order valence-electron chi connectivity index (χ4n) is 1.62. The molecule has 1 aromatic heterocycles. The zero-order chi connectivity index (χ0) is 14.8. The van der Waals surface area contributed by atoms with E-state index in [4.69, 9.17) is 4.42 Å². The number of anilines is 1. The maximum absolute atomic E-state index is 12.2. The number of aryl methyl sites for hydroxylation is 1. The fraction of sp³-hybridized carbons (Fsp3) is 0.231. The van der Waals surface area contributed by atoms with E-state index in [1.165, 1.54) is 24.5 Å². The van der Waals surface area contributed by atoms with Gasteiger partial charge in [-0.15, -0.1) is 0 Å². The lowest BCUT2D eigenvalue weighted by molar-refractivity contribution is 0.0988. The molecule has 0 saturated carbocycles.